The molecule has 139 valence electrons. The molecule has 0 aliphatic rings. The number of nitrogens with one attached hydrogen (secondary N) is 1. The fourth-order valence-corrected chi connectivity index (χ4v) is 1.83. The molecule has 0 saturated carbocycles. The third-order valence-electron chi connectivity index (χ3n) is 3.69. The fourth-order valence-electron chi connectivity index (χ4n) is 1.83. The number of alkyl halides is 2. The van der Waals surface area contributed by atoms with Crippen LogP contribution in [0.1, 0.15) is 20.3 Å². The van der Waals surface area contributed by atoms with Crippen molar-refractivity contribution in [3.63, 3.8) is 0 Å². The number of primary amides is 1. The average Bonchev–Trinajstić information content (AvgIpc) is 2.53. The number of ether oxygens (including phenoxy) is 1. The van der Waals surface area contributed by atoms with Crippen LogP contribution in [0.5, 0.6) is 5.75 Å². The number of carbonyl (C=O) groups is 2. The van der Waals surface area contributed by atoms with Gasteiger partial charge in [0.05, 0.1) is 6.42 Å². The Bertz CT molecular complexity index is 577. The maximum absolute atomic E-state index is 12.1. The van der Waals surface area contributed by atoms with Crippen LogP contribution in [0, 0.1) is 11.8 Å². The topological polar surface area (TPSA) is 84.7 Å². The summed E-state index contributed by atoms with van der Waals surface area (Å²) >= 11 is 0. The summed E-state index contributed by atoms with van der Waals surface area (Å²) in [5.41, 5.74) is 5.23. The van der Waals surface area contributed by atoms with E-state index in [9.17, 15) is 18.4 Å². The van der Waals surface area contributed by atoms with Crippen LogP contribution >= 0.6 is 0 Å². The first-order valence-corrected chi connectivity index (χ1v) is 7.79. The normalized spacial score (nSPS) is 11.3. The van der Waals surface area contributed by atoms with Crippen molar-refractivity contribution in [3.8, 4) is 5.75 Å². The molecular weight excluding hydrogens is 332 g/mol. The van der Waals surface area contributed by atoms with Crippen LogP contribution in [0.2, 0.25) is 0 Å². The van der Waals surface area contributed by atoms with Crippen molar-refractivity contribution in [2.24, 2.45) is 11.1 Å². The van der Waals surface area contributed by atoms with Crippen molar-refractivity contribution in [2.45, 2.75) is 26.9 Å². The van der Waals surface area contributed by atoms with Gasteiger partial charge in [0.1, 0.15) is 5.75 Å². The molecule has 0 aromatic heterocycles. The SMILES string of the molecule is CN(CCNc1ccc(OC(F)F)cc1)C(=O)[CH]CC(C)(C)C(N)=O. The number of hydrogen-bond donors (Lipinski definition) is 2. The lowest BCUT2D eigenvalue weighted by Gasteiger charge is -2.22. The molecule has 3 N–H and O–H groups in total. The van der Waals surface area contributed by atoms with E-state index in [0.717, 1.165) is 5.69 Å². The van der Waals surface area contributed by atoms with Gasteiger partial charge in [-0.2, -0.15) is 8.78 Å². The summed E-state index contributed by atoms with van der Waals surface area (Å²) in [7, 11) is 1.65. The fraction of sp³-hybridized carbons (Fsp3) is 0.471. The Morgan fingerprint density at radius 1 is 1.32 bits per heavy atom. The summed E-state index contributed by atoms with van der Waals surface area (Å²) in [6, 6.07) is 6.09. The molecule has 1 radical (unpaired) electrons. The van der Waals surface area contributed by atoms with Crippen LogP contribution in [0.25, 0.3) is 0 Å². The van der Waals surface area contributed by atoms with Crippen molar-refractivity contribution in [2.75, 3.05) is 25.5 Å². The van der Waals surface area contributed by atoms with Crippen LogP contribution in [0.3, 0.4) is 0 Å². The van der Waals surface area contributed by atoms with Gasteiger partial charge in [-0.3, -0.25) is 9.59 Å². The van der Waals surface area contributed by atoms with Crippen molar-refractivity contribution < 1.29 is 23.1 Å². The highest BCUT2D eigenvalue weighted by Gasteiger charge is 2.26. The molecule has 8 heteroatoms. The number of likely N-dealkylation sites (N-methyl/N-ethyl adjacent to an activating group) is 1. The minimum atomic E-state index is -2.85. The second kappa shape index (κ2) is 9.19. The lowest BCUT2D eigenvalue weighted by Crippen LogP contribution is -2.35. The first kappa shape index (κ1) is 20.7. The molecule has 6 nitrogen and oxygen atoms in total. The predicted octanol–water partition coefficient (Wildman–Crippen LogP) is 2.26. The van der Waals surface area contributed by atoms with Gasteiger partial charge in [-0.1, -0.05) is 13.8 Å². The molecule has 0 fully saturated rings. The zero-order valence-electron chi connectivity index (χ0n) is 14.6. The van der Waals surface area contributed by atoms with E-state index >= 15 is 0 Å². The molecule has 0 unspecified atom stereocenters. The standard InChI is InChI=1S/C17H24F2N3O3/c1-17(2,15(20)24)9-8-14(23)22(3)11-10-21-12-4-6-13(7-5-12)25-16(18)19/h4-8,16,21H,9-11H2,1-3H3,(H2,20,24). The molecule has 2 amide bonds. The molecular formula is C17H24F2N3O3. The van der Waals surface area contributed by atoms with Gasteiger partial charge in [-0.25, -0.2) is 0 Å². The Morgan fingerprint density at radius 2 is 1.92 bits per heavy atom. The Kier molecular flexibility index (Phi) is 7.60. The summed E-state index contributed by atoms with van der Waals surface area (Å²) in [4.78, 5) is 24.7. The van der Waals surface area contributed by atoms with Gasteiger partial charge in [-0.05, 0) is 30.7 Å². The lowest BCUT2D eigenvalue weighted by atomic mass is 9.87. The highest BCUT2D eigenvalue weighted by molar-refractivity contribution is 5.86. The Morgan fingerprint density at radius 3 is 2.44 bits per heavy atom. The minimum absolute atomic E-state index is 0.0829. The molecule has 1 rings (SSSR count). The predicted molar refractivity (Wildman–Crippen MR) is 91.1 cm³/mol. The molecule has 0 spiro atoms. The zero-order chi connectivity index (χ0) is 19.0. The smallest absolute Gasteiger partial charge is 0.387 e. The first-order chi connectivity index (χ1) is 11.6. The van der Waals surface area contributed by atoms with E-state index in [1.165, 1.54) is 23.5 Å². The second-order valence-electron chi connectivity index (χ2n) is 6.25. The molecule has 0 saturated heterocycles. The average molecular weight is 356 g/mol. The van der Waals surface area contributed by atoms with Gasteiger partial charge in [-0.15, -0.1) is 0 Å². The molecule has 0 aliphatic heterocycles. The third kappa shape index (κ3) is 7.36. The van der Waals surface area contributed by atoms with E-state index in [4.69, 9.17) is 5.73 Å². The summed E-state index contributed by atoms with van der Waals surface area (Å²) < 4.78 is 28.4. The first-order valence-electron chi connectivity index (χ1n) is 7.79. The van der Waals surface area contributed by atoms with Gasteiger partial charge >= 0.3 is 6.61 Å². The Balaban J connectivity index is 2.35. The largest absolute Gasteiger partial charge is 0.435 e. The van der Waals surface area contributed by atoms with Crippen molar-refractivity contribution in [3.05, 3.63) is 30.7 Å². The number of hydrogen-bond acceptors (Lipinski definition) is 4. The number of nitrogens with zero attached hydrogens (tertiary/aromatic N) is 1. The number of rotatable bonds is 10. The van der Waals surface area contributed by atoms with Gasteiger partial charge in [0.2, 0.25) is 11.8 Å². The van der Waals surface area contributed by atoms with E-state index < -0.39 is 17.9 Å². The lowest BCUT2D eigenvalue weighted by molar-refractivity contribution is -0.128. The quantitative estimate of drug-likeness (QED) is 0.673. The number of benzene rings is 1. The third-order valence-corrected chi connectivity index (χ3v) is 3.69. The van der Waals surface area contributed by atoms with Crippen molar-refractivity contribution in [1.29, 1.82) is 0 Å². The van der Waals surface area contributed by atoms with Gasteiger partial charge in [0, 0.05) is 31.2 Å². The van der Waals surface area contributed by atoms with Crippen LogP contribution in [-0.4, -0.2) is 43.5 Å². The van der Waals surface area contributed by atoms with Gasteiger partial charge < -0.3 is 20.7 Å². The van der Waals surface area contributed by atoms with Crippen LogP contribution < -0.4 is 15.8 Å². The van der Waals surface area contributed by atoms with Gasteiger partial charge in [0.25, 0.3) is 0 Å². The van der Waals surface area contributed by atoms with Crippen molar-refractivity contribution in [1.82, 2.24) is 4.90 Å². The minimum Gasteiger partial charge on any atom is -0.435 e. The van der Waals surface area contributed by atoms with E-state index in [1.54, 1.807) is 33.0 Å². The van der Waals surface area contributed by atoms with E-state index in [0.29, 0.717) is 13.1 Å². The molecule has 0 atom stereocenters. The summed E-state index contributed by atoms with van der Waals surface area (Å²) in [6.45, 7) is 1.42. The molecule has 25 heavy (non-hydrogen) atoms. The number of amides is 2. The van der Waals surface area contributed by atoms with E-state index in [-0.39, 0.29) is 18.1 Å². The maximum atomic E-state index is 12.1. The highest BCUT2D eigenvalue weighted by Crippen LogP contribution is 2.21. The monoisotopic (exact) mass is 356 g/mol. The molecule has 0 aliphatic carbocycles. The number of halogens is 2. The summed E-state index contributed by atoms with van der Waals surface area (Å²) in [5.74, 6) is -0.573. The van der Waals surface area contributed by atoms with E-state index in [2.05, 4.69) is 10.1 Å². The van der Waals surface area contributed by atoms with Crippen LogP contribution in [0.15, 0.2) is 24.3 Å². The van der Waals surface area contributed by atoms with Crippen LogP contribution in [0.4, 0.5) is 14.5 Å². The maximum Gasteiger partial charge on any atom is 0.387 e. The zero-order valence-corrected chi connectivity index (χ0v) is 14.6. The summed E-state index contributed by atoms with van der Waals surface area (Å²) in [5, 5.41) is 3.08. The summed E-state index contributed by atoms with van der Waals surface area (Å²) in [6.07, 6.45) is 1.71. The van der Waals surface area contributed by atoms with E-state index in [1.807, 2.05) is 0 Å². The highest BCUT2D eigenvalue weighted by atomic mass is 19.3. The number of anilines is 1. The molecule has 0 bridgehead atoms. The van der Waals surface area contributed by atoms with Crippen LogP contribution in [-0.2, 0) is 9.59 Å². The molecule has 0 heterocycles. The number of nitrogens with two attached hydrogens (primary N) is 1. The molecule has 1 aromatic rings. The van der Waals surface area contributed by atoms with Crippen molar-refractivity contribution >= 4 is 17.5 Å². The van der Waals surface area contributed by atoms with Gasteiger partial charge in [0.15, 0.2) is 0 Å². The number of carbonyl (C=O) groups excluding carboxylic acids is 2. The molecule has 1 aromatic carbocycles. The second-order valence-corrected chi connectivity index (χ2v) is 6.25. The Labute approximate surface area is 146 Å². The Hall–Kier alpha value is -2.38.